The minimum atomic E-state index is -1.16. The number of aromatic carboxylic acids is 1. The van der Waals surface area contributed by atoms with E-state index in [4.69, 9.17) is 0 Å². The van der Waals surface area contributed by atoms with E-state index in [2.05, 4.69) is 13.8 Å². The van der Waals surface area contributed by atoms with Crippen LogP contribution in [0, 0.1) is 3.57 Å². The van der Waals surface area contributed by atoms with Crippen molar-refractivity contribution in [3.63, 3.8) is 0 Å². The topological polar surface area (TPSA) is 77.8 Å². The van der Waals surface area contributed by atoms with E-state index in [1.54, 1.807) is 0 Å². The lowest BCUT2D eigenvalue weighted by atomic mass is 9.91. The van der Waals surface area contributed by atoms with Crippen LogP contribution in [-0.4, -0.2) is 21.3 Å². The summed E-state index contributed by atoms with van der Waals surface area (Å²) in [4.78, 5) is 11.8. The fraction of sp³-hybridized carbons (Fsp3) is 0.696. The molecule has 28 heavy (non-hydrogen) atoms. The first kappa shape index (κ1) is 25.1. The van der Waals surface area contributed by atoms with Crippen molar-refractivity contribution in [2.75, 3.05) is 0 Å². The van der Waals surface area contributed by atoms with Crippen molar-refractivity contribution >= 4 is 28.6 Å². The maximum Gasteiger partial charge on any atom is 0.339 e. The van der Waals surface area contributed by atoms with Gasteiger partial charge < -0.3 is 15.3 Å². The second-order valence-electron chi connectivity index (χ2n) is 7.68. The van der Waals surface area contributed by atoms with Crippen LogP contribution in [0.1, 0.15) is 112 Å². The van der Waals surface area contributed by atoms with Gasteiger partial charge in [-0.15, -0.1) is 0 Å². The van der Waals surface area contributed by atoms with Gasteiger partial charge in [0.15, 0.2) is 11.5 Å². The van der Waals surface area contributed by atoms with Gasteiger partial charge in [0.1, 0.15) is 5.56 Å². The Morgan fingerprint density at radius 1 is 0.714 bits per heavy atom. The van der Waals surface area contributed by atoms with E-state index in [-0.39, 0.29) is 11.3 Å². The van der Waals surface area contributed by atoms with Crippen molar-refractivity contribution in [3.8, 4) is 11.5 Å². The highest BCUT2D eigenvalue weighted by atomic mass is 127. The van der Waals surface area contributed by atoms with Gasteiger partial charge in [0, 0.05) is 0 Å². The van der Waals surface area contributed by atoms with Crippen molar-refractivity contribution in [1.29, 1.82) is 0 Å². The fourth-order valence-electron chi connectivity index (χ4n) is 3.72. The maximum atomic E-state index is 11.8. The molecule has 160 valence electrons. The molecule has 0 unspecified atom stereocenters. The van der Waals surface area contributed by atoms with Crippen LogP contribution < -0.4 is 0 Å². The molecular formula is C23H37IO4. The molecule has 0 atom stereocenters. The Labute approximate surface area is 183 Å². The van der Waals surface area contributed by atoms with Gasteiger partial charge in [-0.25, -0.2) is 4.79 Å². The Morgan fingerprint density at radius 2 is 1.14 bits per heavy atom. The molecule has 0 spiro atoms. The quantitative estimate of drug-likeness (QED) is 0.134. The number of benzene rings is 1. The number of rotatable bonds is 15. The molecule has 0 aliphatic heterocycles. The summed E-state index contributed by atoms with van der Waals surface area (Å²) in [5, 5.41) is 30.2. The first-order valence-electron chi connectivity index (χ1n) is 10.9. The molecule has 0 heterocycles. The molecule has 0 aliphatic rings. The number of carbonyl (C=O) groups is 1. The third-order valence-electron chi connectivity index (χ3n) is 5.37. The lowest BCUT2D eigenvalue weighted by Crippen LogP contribution is -2.10. The number of halogens is 1. The summed E-state index contributed by atoms with van der Waals surface area (Å²) in [6.07, 6.45) is 15.2. The highest BCUT2D eigenvalue weighted by Crippen LogP contribution is 2.40. The number of phenolic OH excluding ortho intramolecular Hbond substituents is 1. The molecular weight excluding hydrogens is 467 g/mol. The van der Waals surface area contributed by atoms with Crippen molar-refractivity contribution in [2.45, 2.75) is 104 Å². The van der Waals surface area contributed by atoms with Crippen LogP contribution in [0.5, 0.6) is 11.5 Å². The molecule has 0 radical (unpaired) electrons. The first-order chi connectivity index (χ1) is 13.5. The number of hydrogen-bond acceptors (Lipinski definition) is 3. The first-order valence-corrected chi connectivity index (χ1v) is 12.0. The number of carboxylic acids is 1. The van der Waals surface area contributed by atoms with Gasteiger partial charge in [0.25, 0.3) is 0 Å². The van der Waals surface area contributed by atoms with Gasteiger partial charge in [-0.05, 0) is 59.4 Å². The summed E-state index contributed by atoms with van der Waals surface area (Å²) in [5.74, 6) is -1.93. The van der Waals surface area contributed by atoms with E-state index in [1.807, 2.05) is 22.6 Å². The van der Waals surface area contributed by atoms with Crippen LogP contribution in [0.4, 0.5) is 0 Å². The molecule has 0 bridgehead atoms. The maximum absolute atomic E-state index is 11.8. The zero-order chi connectivity index (χ0) is 20.9. The molecule has 4 nitrogen and oxygen atoms in total. The molecule has 3 N–H and O–H groups in total. The highest BCUT2D eigenvalue weighted by Gasteiger charge is 2.25. The molecule has 1 rings (SSSR count). The Balaban J connectivity index is 2.92. The van der Waals surface area contributed by atoms with Gasteiger partial charge in [0.05, 0.1) is 3.57 Å². The lowest BCUT2D eigenvalue weighted by Gasteiger charge is -2.18. The van der Waals surface area contributed by atoms with Crippen molar-refractivity contribution in [1.82, 2.24) is 0 Å². The standard InChI is InChI=1S/C23H37IO4/c1-3-5-7-9-11-13-15-17-18(16-14-12-10-8-6-4-2)20(24)22(26)21(25)19(17)23(27)28/h25-26H,3-16H2,1-2H3,(H,27,28). The van der Waals surface area contributed by atoms with Crippen molar-refractivity contribution in [2.24, 2.45) is 0 Å². The van der Waals surface area contributed by atoms with Gasteiger partial charge in [-0.2, -0.15) is 0 Å². The third-order valence-corrected chi connectivity index (χ3v) is 6.54. The SMILES string of the molecule is CCCCCCCCc1c(I)c(O)c(O)c(C(=O)O)c1CCCCCCCC. The van der Waals surface area contributed by atoms with Gasteiger partial charge in [-0.1, -0.05) is 78.1 Å². The molecule has 0 aliphatic carbocycles. The Kier molecular flexibility index (Phi) is 12.6. The van der Waals surface area contributed by atoms with E-state index in [1.165, 1.54) is 44.9 Å². The number of carboxylic acid groups (broad SMARTS) is 1. The monoisotopic (exact) mass is 504 g/mol. The molecule has 0 fully saturated rings. The van der Waals surface area contributed by atoms with Crippen LogP contribution in [0.15, 0.2) is 0 Å². The number of hydrogen-bond donors (Lipinski definition) is 3. The Hall–Kier alpha value is -0.980. The predicted molar refractivity (Wildman–Crippen MR) is 124 cm³/mol. The van der Waals surface area contributed by atoms with Crippen molar-refractivity contribution in [3.05, 3.63) is 20.3 Å². The van der Waals surface area contributed by atoms with E-state index >= 15 is 0 Å². The minimum absolute atomic E-state index is 0.104. The van der Waals surface area contributed by atoms with E-state index in [0.29, 0.717) is 9.99 Å². The molecule has 0 saturated heterocycles. The Bertz CT molecular complexity index is 613. The highest BCUT2D eigenvalue weighted by molar-refractivity contribution is 14.1. The largest absolute Gasteiger partial charge is 0.504 e. The summed E-state index contributed by atoms with van der Waals surface area (Å²) in [5.41, 5.74) is 1.53. The van der Waals surface area contributed by atoms with Gasteiger partial charge >= 0.3 is 5.97 Å². The third kappa shape index (κ3) is 7.80. The van der Waals surface area contributed by atoms with Crippen LogP contribution >= 0.6 is 22.6 Å². The normalized spacial score (nSPS) is 11.1. The average Bonchev–Trinajstić information content (AvgIpc) is 2.67. The summed E-state index contributed by atoms with van der Waals surface area (Å²) >= 11 is 2.05. The van der Waals surface area contributed by atoms with Gasteiger partial charge in [-0.3, -0.25) is 0 Å². The molecule has 1 aromatic rings. The summed E-state index contributed by atoms with van der Waals surface area (Å²) in [6.45, 7) is 4.39. The fourth-order valence-corrected chi connectivity index (χ4v) is 4.57. The molecule has 1 aromatic carbocycles. The van der Waals surface area contributed by atoms with Crippen LogP contribution in [0.3, 0.4) is 0 Å². The molecule has 5 heteroatoms. The zero-order valence-electron chi connectivity index (χ0n) is 17.5. The molecule has 0 amide bonds. The summed E-state index contributed by atoms with van der Waals surface area (Å²) in [6, 6.07) is 0. The lowest BCUT2D eigenvalue weighted by molar-refractivity contribution is 0.0691. The van der Waals surface area contributed by atoms with Crippen LogP contribution in [-0.2, 0) is 12.8 Å². The predicted octanol–water partition coefficient (Wildman–Crippen LogP) is 7.21. The van der Waals surface area contributed by atoms with Crippen LogP contribution in [0.25, 0.3) is 0 Å². The number of phenols is 2. The number of unbranched alkanes of at least 4 members (excludes halogenated alkanes) is 10. The second-order valence-corrected chi connectivity index (χ2v) is 8.76. The van der Waals surface area contributed by atoms with Gasteiger partial charge in [0.2, 0.25) is 0 Å². The molecule has 0 aromatic heterocycles. The van der Waals surface area contributed by atoms with E-state index in [0.717, 1.165) is 49.7 Å². The summed E-state index contributed by atoms with van der Waals surface area (Å²) < 4.78 is 0.606. The van der Waals surface area contributed by atoms with E-state index in [9.17, 15) is 20.1 Å². The molecule has 0 saturated carbocycles. The second kappa shape index (κ2) is 14.1. The zero-order valence-corrected chi connectivity index (χ0v) is 19.7. The van der Waals surface area contributed by atoms with Crippen molar-refractivity contribution < 1.29 is 20.1 Å². The average molecular weight is 504 g/mol. The smallest absolute Gasteiger partial charge is 0.339 e. The Morgan fingerprint density at radius 3 is 1.61 bits per heavy atom. The minimum Gasteiger partial charge on any atom is -0.504 e. The number of aromatic hydroxyl groups is 2. The van der Waals surface area contributed by atoms with Crippen LogP contribution in [0.2, 0.25) is 0 Å². The van der Waals surface area contributed by atoms with E-state index < -0.39 is 11.7 Å². The summed E-state index contributed by atoms with van der Waals surface area (Å²) in [7, 11) is 0.